The number of hydrogen-bond acceptors (Lipinski definition) is 3. The minimum absolute atomic E-state index is 0.990. The average molecular weight is 274 g/mol. The maximum absolute atomic E-state index is 3.47. The maximum Gasteiger partial charge on any atom is 0.0343 e. The monoisotopic (exact) mass is 274 g/mol. The second-order valence-corrected chi connectivity index (χ2v) is 5.96. The lowest BCUT2D eigenvalue weighted by molar-refractivity contribution is 0.352. The second-order valence-electron chi connectivity index (χ2n) is 4.93. The molecule has 0 unspecified atom stereocenters. The van der Waals surface area contributed by atoms with Crippen molar-refractivity contribution in [2.24, 2.45) is 0 Å². The molecule has 1 N–H and O–H groups in total. The summed E-state index contributed by atoms with van der Waals surface area (Å²) in [6, 6.07) is 12.9. The molecule has 0 bridgehead atoms. The van der Waals surface area contributed by atoms with Gasteiger partial charge in [0, 0.05) is 30.2 Å². The number of rotatable bonds is 7. The quantitative estimate of drug-likeness (QED) is 0.829. The molecule has 1 aromatic heterocycles. The van der Waals surface area contributed by atoms with Gasteiger partial charge in [-0.3, -0.25) is 0 Å². The van der Waals surface area contributed by atoms with E-state index in [2.05, 4.69) is 66.0 Å². The molecule has 1 heterocycles. The van der Waals surface area contributed by atoms with Crippen LogP contribution in [0.25, 0.3) is 0 Å². The van der Waals surface area contributed by atoms with Crippen molar-refractivity contribution in [3.05, 3.63) is 52.2 Å². The summed E-state index contributed by atoms with van der Waals surface area (Å²) in [4.78, 5) is 3.85. The molecule has 0 saturated heterocycles. The molecular formula is C16H22N2S. The summed E-state index contributed by atoms with van der Waals surface area (Å²) in [5.74, 6) is 0. The summed E-state index contributed by atoms with van der Waals surface area (Å²) >= 11 is 1.84. The lowest BCUT2D eigenvalue weighted by Crippen LogP contribution is -2.27. The number of hydrogen-bond donors (Lipinski definition) is 1. The molecule has 0 atom stereocenters. The standard InChI is InChI=1S/C16H22N2S/c1-14-5-3-6-15(13-14)17-9-11-18(2)10-8-16-7-4-12-19-16/h3-7,12-13,17H,8-11H2,1-2H3. The third kappa shape index (κ3) is 5.05. The van der Waals surface area contributed by atoms with Crippen LogP contribution in [-0.4, -0.2) is 31.6 Å². The minimum Gasteiger partial charge on any atom is -0.384 e. The Labute approximate surface area is 120 Å². The van der Waals surface area contributed by atoms with Crippen LogP contribution in [0.5, 0.6) is 0 Å². The van der Waals surface area contributed by atoms with E-state index in [4.69, 9.17) is 0 Å². The molecule has 2 nitrogen and oxygen atoms in total. The lowest BCUT2D eigenvalue weighted by atomic mass is 10.2. The Morgan fingerprint density at radius 3 is 2.79 bits per heavy atom. The third-order valence-electron chi connectivity index (χ3n) is 3.16. The molecule has 0 saturated carbocycles. The van der Waals surface area contributed by atoms with E-state index in [0.717, 1.165) is 26.1 Å². The Balaban J connectivity index is 1.65. The van der Waals surface area contributed by atoms with E-state index in [1.54, 1.807) is 0 Å². The molecule has 0 aliphatic rings. The average Bonchev–Trinajstić information content (AvgIpc) is 2.89. The Hall–Kier alpha value is -1.32. The van der Waals surface area contributed by atoms with Gasteiger partial charge in [0.2, 0.25) is 0 Å². The number of nitrogens with zero attached hydrogens (tertiary/aromatic N) is 1. The molecule has 0 spiro atoms. The van der Waals surface area contributed by atoms with Crippen LogP contribution in [0.4, 0.5) is 5.69 Å². The van der Waals surface area contributed by atoms with Crippen LogP contribution in [-0.2, 0) is 6.42 Å². The highest BCUT2D eigenvalue weighted by atomic mass is 32.1. The largest absolute Gasteiger partial charge is 0.384 e. The molecule has 0 aliphatic carbocycles. The van der Waals surface area contributed by atoms with Crippen molar-refractivity contribution in [2.45, 2.75) is 13.3 Å². The fourth-order valence-electron chi connectivity index (χ4n) is 2.01. The van der Waals surface area contributed by atoms with Gasteiger partial charge < -0.3 is 10.2 Å². The van der Waals surface area contributed by atoms with Gasteiger partial charge in [-0.15, -0.1) is 11.3 Å². The summed E-state index contributed by atoms with van der Waals surface area (Å²) in [7, 11) is 2.19. The van der Waals surface area contributed by atoms with Gasteiger partial charge >= 0.3 is 0 Å². The fraction of sp³-hybridized carbons (Fsp3) is 0.375. The van der Waals surface area contributed by atoms with Gasteiger partial charge in [0.15, 0.2) is 0 Å². The Bertz CT molecular complexity index is 479. The van der Waals surface area contributed by atoms with Gasteiger partial charge in [-0.1, -0.05) is 18.2 Å². The number of anilines is 1. The summed E-state index contributed by atoms with van der Waals surface area (Å²) in [6.07, 6.45) is 1.15. The lowest BCUT2D eigenvalue weighted by Gasteiger charge is -2.17. The van der Waals surface area contributed by atoms with Gasteiger partial charge in [-0.05, 0) is 49.5 Å². The van der Waals surface area contributed by atoms with E-state index < -0.39 is 0 Å². The van der Waals surface area contributed by atoms with Crippen LogP contribution in [0, 0.1) is 6.92 Å². The molecule has 0 aliphatic heterocycles. The molecule has 2 aromatic rings. The van der Waals surface area contributed by atoms with Crippen molar-refractivity contribution in [1.82, 2.24) is 4.90 Å². The van der Waals surface area contributed by atoms with Gasteiger partial charge in [0.05, 0.1) is 0 Å². The molecule has 0 fully saturated rings. The molecule has 0 radical (unpaired) electrons. The van der Waals surface area contributed by atoms with Crippen molar-refractivity contribution < 1.29 is 0 Å². The van der Waals surface area contributed by atoms with Gasteiger partial charge in [0.1, 0.15) is 0 Å². The summed E-state index contributed by atoms with van der Waals surface area (Å²) in [5, 5.41) is 5.62. The van der Waals surface area contributed by atoms with Crippen LogP contribution in [0.3, 0.4) is 0 Å². The van der Waals surface area contributed by atoms with Crippen molar-refractivity contribution in [2.75, 3.05) is 32.0 Å². The topological polar surface area (TPSA) is 15.3 Å². The predicted octanol–water partition coefficient (Wildman–Crippen LogP) is 3.64. The maximum atomic E-state index is 3.47. The molecule has 2 rings (SSSR count). The highest BCUT2D eigenvalue weighted by molar-refractivity contribution is 7.09. The normalized spacial score (nSPS) is 10.9. The minimum atomic E-state index is 0.990. The van der Waals surface area contributed by atoms with Gasteiger partial charge in [-0.25, -0.2) is 0 Å². The molecular weight excluding hydrogens is 252 g/mol. The SMILES string of the molecule is Cc1cccc(NCCN(C)CCc2cccs2)c1. The zero-order valence-electron chi connectivity index (χ0n) is 11.7. The number of thiophene rings is 1. The number of likely N-dealkylation sites (N-methyl/N-ethyl adjacent to an activating group) is 1. The first-order valence-electron chi connectivity index (χ1n) is 6.75. The van der Waals surface area contributed by atoms with E-state index in [0.29, 0.717) is 0 Å². The highest BCUT2D eigenvalue weighted by Crippen LogP contribution is 2.10. The number of nitrogens with one attached hydrogen (secondary N) is 1. The molecule has 3 heteroatoms. The van der Waals surface area contributed by atoms with Crippen molar-refractivity contribution in [3.63, 3.8) is 0 Å². The highest BCUT2D eigenvalue weighted by Gasteiger charge is 2.00. The van der Waals surface area contributed by atoms with Crippen LogP contribution in [0.15, 0.2) is 41.8 Å². The van der Waals surface area contributed by atoms with E-state index in [-0.39, 0.29) is 0 Å². The van der Waals surface area contributed by atoms with E-state index >= 15 is 0 Å². The Morgan fingerprint density at radius 1 is 1.16 bits per heavy atom. The number of aryl methyl sites for hydroxylation is 1. The van der Waals surface area contributed by atoms with Crippen LogP contribution >= 0.6 is 11.3 Å². The van der Waals surface area contributed by atoms with Crippen LogP contribution in [0.1, 0.15) is 10.4 Å². The molecule has 0 amide bonds. The van der Waals surface area contributed by atoms with E-state index in [1.807, 2.05) is 11.3 Å². The summed E-state index contributed by atoms with van der Waals surface area (Å²) in [5.41, 5.74) is 2.52. The van der Waals surface area contributed by atoms with Crippen molar-refractivity contribution in [1.29, 1.82) is 0 Å². The summed E-state index contributed by atoms with van der Waals surface area (Å²) in [6.45, 7) is 5.30. The predicted molar refractivity (Wildman–Crippen MR) is 85.2 cm³/mol. The van der Waals surface area contributed by atoms with Gasteiger partial charge in [0.25, 0.3) is 0 Å². The van der Waals surface area contributed by atoms with Gasteiger partial charge in [-0.2, -0.15) is 0 Å². The first-order valence-corrected chi connectivity index (χ1v) is 7.63. The Kier molecular flexibility index (Phi) is 5.43. The Morgan fingerprint density at radius 2 is 2.05 bits per heavy atom. The smallest absolute Gasteiger partial charge is 0.0343 e. The van der Waals surface area contributed by atoms with E-state index in [9.17, 15) is 0 Å². The first kappa shape index (κ1) is 14.1. The molecule has 102 valence electrons. The van der Waals surface area contributed by atoms with Crippen molar-refractivity contribution >= 4 is 17.0 Å². The third-order valence-corrected chi connectivity index (χ3v) is 4.10. The molecule has 19 heavy (non-hydrogen) atoms. The van der Waals surface area contributed by atoms with Crippen LogP contribution < -0.4 is 5.32 Å². The first-order chi connectivity index (χ1) is 9.24. The fourth-order valence-corrected chi connectivity index (χ4v) is 2.71. The second kappa shape index (κ2) is 7.31. The zero-order chi connectivity index (χ0) is 13.5. The van der Waals surface area contributed by atoms with Crippen LogP contribution in [0.2, 0.25) is 0 Å². The summed E-state index contributed by atoms with van der Waals surface area (Å²) < 4.78 is 0. The van der Waals surface area contributed by atoms with Crippen molar-refractivity contribution in [3.8, 4) is 0 Å². The van der Waals surface area contributed by atoms with E-state index in [1.165, 1.54) is 16.1 Å². The number of benzene rings is 1. The zero-order valence-corrected chi connectivity index (χ0v) is 12.5. The molecule has 1 aromatic carbocycles.